The first-order valence-corrected chi connectivity index (χ1v) is 8.40. The molecule has 3 heterocycles. The molecule has 1 aromatic rings. The Kier molecular flexibility index (Phi) is 4.06. The number of nitrogens with zero attached hydrogens (tertiary/aromatic N) is 2. The lowest BCUT2D eigenvalue weighted by molar-refractivity contribution is -0.137. The molecule has 0 aromatic heterocycles. The summed E-state index contributed by atoms with van der Waals surface area (Å²) in [7, 11) is 0. The summed E-state index contributed by atoms with van der Waals surface area (Å²) >= 11 is 0. The van der Waals surface area contributed by atoms with Gasteiger partial charge in [0.1, 0.15) is 12.3 Å². The molecule has 1 spiro atoms. The highest BCUT2D eigenvalue weighted by molar-refractivity contribution is 6.04. The zero-order valence-corrected chi connectivity index (χ0v) is 13.9. The third-order valence-electron chi connectivity index (χ3n) is 5.22. The molecule has 0 bridgehead atoms. The van der Waals surface area contributed by atoms with Crippen LogP contribution in [0.15, 0.2) is 23.3 Å². The molecule has 3 aliphatic heterocycles. The Morgan fingerprint density at radius 1 is 1.27 bits per heavy atom. The highest BCUT2D eigenvalue weighted by Gasteiger charge is 2.44. The van der Waals surface area contributed by atoms with Gasteiger partial charge in [-0.3, -0.25) is 0 Å². The van der Waals surface area contributed by atoms with Crippen molar-refractivity contribution in [1.82, 2.24) is 5.43 Å². The van der Waals surface area contributed by atoms with E-state index in [9.17, 15) is 18.0 Å². The maximum Gasteiger partial charge on any atom is 0.428 e. The van der Waals surface area contributed by atoms with Crippen molar-refractivity contribution < 1.29 is 27.4 Å². The van der Waals surface area contributed by atoms with Crippen LogP contribution in [0.4, 0.5) is 23.7 Å². The number of alkyl halides is 3. The smallest absolute Gasteiger partial charge is 0.428 e. The monoisotopic (exact) mass is 369 g/mol. The fraction of sp³-hybridized carbons (Fsp3) is 0.529. The molecule has 1 amide bonds. The van der Waals surface area contributed by atoms with Crippen LogP contribution in [-0.2, 0) is 15.7 Å². The van der Waals surface area contributed by atoms with E-state index in [4.69, 9.17) is 9.47 Å². The summed E-state index contributed by atoms with van der Waals surface area (Å²) in [6, 6.07) is 4.14. The van der Waals surface area contributed by atoms with Crippen molar-refractivity contribution in [1.29, 1.82) is 0 Å². The van der Waals surface area contributed by atoms with Crippen molar-refractivity contribution in [3.05, 3.63) is 29.3 Å². The minimum Gasteiger partial charge on any atom is -0.442 e. The van der Waals surface area contributed by atoms with E-state index in [-0.39, 0.29) is 29.0 Å². The second-order valence-electron chi connectivity index (χ2n) is 6.95. The molecule has 0 radical (unpaired) electrons. The zero-order valence-electron chi connectivity index (χ0n) is 13.9. The summed E-state index contributed by atoms with van der Waals surface area (Å²) in [5, 5.41) is 3.78. The van der Waals surface area contributed by atoms with Crippen LogP contribution in [0.2, 0.25) is 0 Å². The van der Waals surface area contributed by atoms with Gasteiger partial charge >= 0.3 is 12.3 Å². The van der Waals surface area contributed by atoms with Gasteiger partial charge in [0.05, 0.1) is 12.2 Å². The molecule has 140 valence electrons. The number of cyclic esters (lactones) is 1. The Balaban J connectivity index is 1.66. The molecule has 1 atom stereocenters. The van der Waals surface area contributed by atoms with Gasteiger partial charge in [0.25, 0.3) is 0 Å². The average molecular weight is 369 g/mol. The summed E-state index contributed by atoms with van der Waals surface area (Å²) in [5.74, 6) is 0. The van der Waals surface area contributed by atoms with Crippen LogP contribution in [-0.4, -0.2) is 44.7 Å². The number of carbonyl (C=O) groups is 1. The van der Waals surface area contributed by atoms with E-state index in [1.807, 2.05) is 0 Å². The number of benzene rings is 1. The van der Waals surface area contributed by atoms with Crippen molar-refractivity contribution in [3.8, 4) is 0 Å². The average Bonchev–Trinajstić information content (AvgIpc) is 3.25. The molecule has 2 fully saturated rings. The van der Waals surface area contributed by atoms with Gasteiger partial charge < -0.3 is 14.4 Å². The highest BCUT2D eigenvalue weighted by atomic mass is 19.4. The second kappa shape index (κ2) is 6.15. The summed E-state index contributed by atoms with van der Waals surface area (Å²) in [6.45, 7) is 2.26. The highest BCUT2D eigenvalue weighted by Crippen LogP contribution is 2.44. The summed E-state index contributed by atoms with van der Waals surface area (Å²) < 4.78 is 51.3. The number of hydrogen-bond acceptors (Lipinski definition) is 5. The molecule has 4 rings (SSSR count). The molecule has 3 aliphatic rings. The first-order valence-electron chi connectivity index (χ1n) is 8.40. The van der Waals surface area contributed by atoms with Crippen LogP contribution in [0, 0.1) is 5.41 Å². The van der Waals surface area contributed by atoms with Crippen LogP contribution < -0.4 is 10.3 Å². The molecular formula is C17H18F3N3O3. The third kappa shape index (κ3) is 3.11. The maximum absolute atomic E-state index is 13.7. The number of hydrogen-bond donors (Lipinski definition) is 1. The van der Waals surface area contributed by atoms with Gasteiger partial charge in [0.2, 0.25) is 0 Å². The Bertz CT molecular complexity index is 757. The number of nitrogens with one attached hydrogen (secondary N) is 1. The first kappa shape index (κ1) is 17.1. The lowest BCUT2D eigenvalue weighted by atomic mass is 9.87. The zero-order chi connectivity index (χ0) is 18.4. The van der Waals surface area contributed by atoms with Crippen molar-refractivity contribution >= 4 is 17.5 Å². The minimum atomic E-state index is -4.49. The lowest BCUT2D eigenvalue weighted by Gasteiger charge is -2.26. The summed E-state index contributed by atoms with van der Waals surface area (Å²) in [4.78, 5) is 12.8. The van der Waals surface area contributed by atoms with Gasteiger partial charge in [-0.15, -0.1) is 0 Å². The predicted molar refractivity (Wildman–Crippen MR) is 87.2 cm³/mol. The molecule has 1 N–H and O–H groups in total. The molecule has 1 unspecified atom stereocenters. The van der Waals surface area contributed by atoms with Crippen molar-refractivity contribution in [2.24, 2.45) is 10.5 Å². The molecule has 2 saturated heterocycles. The van der Waals surface area contributed by atoms with E-state index in [1.165, 1.54) is 6.07 Å². The number of halogens is 3. The van der Waals surface area contributed by atoms with Gasteiger partial charge in [-0.2, -0.15) is 18.3 Å². The van der Waals surface area contributed by atoms with E-state index in [0.717, 1.165) is 18.9 Å². The fourth-order valence-electron chi connectivity index (χ4n) is 3.79. The number of anilines is 1. The van der Waals surface area contributed by atoms with Crippen LogP contribution in [0.5, 0.6) is 0 Å². The van der Waals surface area contributed by atoms with Crippen molar-refractivity contribution in [2.45, 2.75) is 19.0 Å². The minimum absolute atomic E-state index is 0.0346. The molecule has 6 nitrogen and oxygen atoms in total. The number of amides is 1. The molecule has 1 aromatic carbocycles. The van der Waals surface area contributed by atoms with E-state index < -0.39 is 17.8 Å². The Labute approximate surface area is 147 Å². The Morgan fingerprint density at radius 2 is 2.12 bits per heavy atom. The Hall–Kier alpha value is -2.29. The van der Waals surface area contributed by atoms with E-state index >= 15 is 0 Å². The number of rotatable bonds is 2. The van der Waals surface area contributed by atoms with Crippen molar-refractivity contribution in [2.75, 3.05) is 37.8 Å². The summed E-state index contributed by atoms with van der Waals surface area (Å²) in [6.07, 6.45) is -3.50. The Morgan fingerprint density at radius 3 is 2.77 bits per heavy atom. The molecule has 26 heavy (non-hydrogen) atoms. The van der Waals surface area contributed by atoms with Crippen LogP contribution in [0.25, 0.3) is 0 Å². The SMILES string of the molecule is O=C1NN=C(c2ccc(N3CCC4(CCOC4)C3)c(C(F)(F)F)c2)CO1. The van der Waals surface area contributed by atoms with E-state index in [1.54, 1.807) is 11.0 Å². The fourth-order valence-corrected chi connectivity index (χ4v) is 3.79. The van der Waals surface area contributed by atoms with Gasteiger partial charge in [-0.25, -0.2) is 10.2 Å². The van der Waals surface area contributed by atoms with Gasteiger partial charge in [-0.1, -0.05) is 6.07 Å². The molecule has 0 saturated carbocycles. The van der Waals surface area contributed by atoms with Crippen LogP contribution in [0.1, 0.15) is 24.0 Å². The topological polar surface area (TPSA) is 63.2 Å². The molecule has 0 aliphatic carbocycles. The summed E-state index contributed by atoms with van der Waals surface area (Å²) in [5.41, 5.74) is 2.08. The van der Waals surface area contributed by atoms with Crippen molar-refractivity contribution in [3.63, 3.8) is 0 Å². The van der Waals surface area contributed by atoms with Gasteiger partial charge in [-0.05, 0) is 25.0 Å². The van der Waals surface area contributed by atoms with E-state index in [2.05, 4.69) is 10.5 Å². The number of carbonyl (C=O) groups excluding carboxylic acids is 1. The van der Waals surface area contributed by atoms with Crippen LogP contribution in [0.3, 0.4) is 0 Å². The predicted octanol–water partition coefficient (Wildman–Crippen LogP) is 2.77. The third-order valence-corrected chi connectivity index (χ3v) is 5.22. The maximum atomic E-state index is 13.7. The molecule has 9 heteroatoms. The largest absolute Gasteiger partial charge is 0.442 e. The number of hydrazone groups is 1. The van der Waals surface area contributed by atoms with Gasteiger partial charge in [0.15, 0.2) is 0 Å². The number of ether oxygens (including phenoxy) is 2. The standard InChI is InChI=1S/C17H18F3N3O3/c18-17(19,20)12-7-11(13-8-26-15(24)22-21-13)1-2-14(12)23-5-3-16(9-23)4-6-25-10-16/h1-2,7H,3-6,8-10H2,(H,22,24). The second-order valence-corrected chi connectivity index (χ2v) is 6.95. The van der Waals surface area contributed by atoms with Crippen LogP contribution >= 0.6 is 0 Å². The quantitative estimate of drug-likeness (QED) is 0.871. The lowest BCUT2D eigenvalue weighted by Crippen LogP contribution is -2.31. The first-order chi connectivity index (χ1) is 12.4. The van der Waals surface area contributed by atoms with Gasteiger partial charge in [0, 0.05) is 36.4 Å². The molecular weight excluding hydrogens is 351 g/mol. The normalized spacial score (nSPS) is 26.0. The van der Waals surface area contributed by atoms with E-state index in [0.29, 0.717) is 26.3 Å².